The van der Waals surface area contributed by atoms with Gasteiger partial charge in [-0.05, 0) is 68.3 Å². The van der Waals surface area contributed by atoms with E-state index >= 15 is 0 Å². The molecule has 1 aromatic heterocycles. The maximum Gasteiger partial charge on any atom is 0.254 e. The number of nitrogens with zero attached hydrogens (tertiary/aromatic N) is 2. The second-order valence-corrected chi connectivity index (χ2v) is 8.71. The number of hydrogen-bond acceptors (Lipinski definition) is 3. The fourth-order valence-corrected chi connectivity index (χ4v) is 3.86. The number of carbonyl (C=O) groups is 1. The van der Waals surface area contributed by atoms with Crippen LogP contribution in [0.4, 0.5) is 0 Å². The summed E-state index contributed by atoms with van der Waals surface area (Å²) in [7, 11) is 2.19. The molecule has 0 spiro atoms. The van der Waals surface area contributed by atoms with Crippen LogP contribution in [-0.2, 0) is 0 Å². The van der Waals surface area contributed by atoms with Gasteiger partial charge in [0.05, 0.1) is 8.45 Å². The lowest BCUT2D eigenvalue weighted by Gasteiger charge is -2.34. The van der Waals surface area contributed by atoms with E-state index in [0.717, 1.165) is 44.0 Å². The molecule has 0 saturated carbocycles. The summed E-state index contributed by atoms with van der Waals surface area (Å²) >= 11 is 3.91. The van der Waals surface area contributed by atoms with Crippen molar-refractivity contribution in [1.82, 2.24) is 9.80 Å². The first-order chi connectivity index (χ1) is 9.47. The van der Waals surface area contributed by atoms with Gasteiger partial charge >= 0.3 is 0 Å². The number of halogens is 1. The highest BCUT2D eigenvalue weighted by Gasteiger charge is 2.25. The fraction of sp³-hybridized carbons (Fsp3) is 0.667. The molecule has 2 heterocycles. The first kappa shape index (κ1) is 16.2. The Kier molecular flexibility index (Phi) is 5.86. The predicted octanol–water partition coefficient (Wildman–Crippen LogP) is 3.55. The van der Waals surface area contributed by atoms with Crippen LogP contribution in [0, 0.1) is 8.80 Å². The van der Waals surface area contributed by atoms with Crippen molar-refractivity contribution in [1.29, 1.82) is 0 Å². The van der Waals surface area contributed by atoms with E-state index < -0.39 is 0 Å². The summed E-state index contributed by atoms with van der Waals surface area (Å²) < 4.78 is 1.18. The molecule has 20 heavy (non-hydrogen) atoms. The number of thiophene rings is 1. The molecule has 1 amide bonds. The van der Waals surface area contributed by atoms with Gasteiger partial charge in [0.1, 0.15) is 0 Å². The molecule has 1 saturated heterocycles. The van der Waals surface area contributed by atoms with Crippen molar-refractivity contribution in [2.24, 2.45) is 5.92 Å². The van der Waals surface area contributed by atoms with E-state index in [0.29, 0.717) is 6.04 Å². The second kappa shape index (κ2) is 7.22. The molecule has 112 valence electrons. The van der Waals surface area contributed by atoms with Crippen LogP contribution in [0.2, 0.25) is 0 Å². The van der Waals surface area contributed by atoms with Crippen LogP contribution in [0.3, 0.4) is 0 Å². The summed E-state index contributed by atoms with van der Waals surface area (Å²) in [4.78, 5) is 16.8. The molecule has 2 rings (SSSR count). The lowest BCUT2D eigenvalue weighted by atomic mass is 9.95. The molecule has 1 fully saturated rings. The Bertz CT molecular complexity index is 452. The van der Waals surface area contributed by atoms with Crippen LogP contribution in [-0.4, -0.2) is 48.4 Å². The minimum Gasteiger partial charge on any atom is -0.339 e. The fourth-order valence-electron chi connectivity index (χ4n) is 2.54. The number of hydrogen-bond donors (Lipinski definition) is 0. The Balaban J connectivity index is 1.83. The van der Waals surface area contributed by atoms with Gasteiger partial charge in [0, 0.05) is 31.1 Å². The topological polar surface area (TPSA) is 23.6 Å². The van der Waals surface area contributed by atoms with Crippen molar-refractivity contribution < 1.29 is 4.79 Å². The molecule has 5 heteroatoms. The van der Waals surface area contributed by atoms with Crippen LogP contribution >= 0.6 is 33.9 Å². The number of likely N-dealkylation sites (tertiary alicyclic amines) is 1. The zero-order chi connectivity index (χ0) is 14.7. The van der Waals surface area contributed by atoms with E-state index in [1.54, 1.807) is 11.3 Å². The zero-order valence-electron chi connectivity index (χ0n) is 12.4. The molecule has 3 nitrogen and oxygen atoms in total. The molecule has 0 atom stereocenters. The number of rotatable bonds is 4. The van der Waals surface area contributed by atoms with E-state index in [1.165, 1.54) is 2.88 Å². The second-order valence-electron chi connectivity index (χ2n) is 5.91. The lowest BCUT2D eigenvalue weighted by molar-refractivity contribution is 0.0667. The first-order valence-electron chi connectivity index (χ1n) is 7.21. The van der Waals surface area contributed by atoms with Crippen molar-refractivity contribution in [2.75, 3.05) is 26.7 Å². The number of amides is 1. The summed E-state index contributed by atoms with van der Waals surface area (Å²) in [5.74, 6) is 0.939. The van der Waals surface area contributed by atoms with Gasteiger partial charge < -0.3 is 9.80 Å². The van der Waals surface area contributed by atoms with Crippen molar-refractivity contribution in [2.45, 2.75) is 32.7 Å². The van der Waals surface area contributed by atoms with Gasteiger partial charge in [-0.2, -0.15) is 0 Å². The highest BCUT2D eigenvalue weighted by Crippen LogP contribution is 2.23. The predicted molar refractivity (Wildman–Crippen MR) is 93.4 cm³/mol. The third-order valence-corrected chi connectivity index (χ3v) is 5.93. The number of carbonyl (C=O) groups excluding carboxylic acids is 1. The monoisotopic (exact) mass is 406 g/mol. The first-order valence-corrected chi connectivity index (χ1v) is 9.16. The molecule has 0 N–H and O–H groups in total. The molecular formula is C15H23IN2OS. The van der Waals surface area contributed by atoms with Gasteiger partial charge in [-0.25, -0.2) is 0 Å². The molecular weight excluding hydrogens is 383 g/mol. The molecule has 0 bridgehead atoms. The molecule has 0 radical (unpaired) electrons. The van der Waals surface area contributed by atoms with E-state index in [2.05, 4.69) is 48.4 Å². The third-order valence-electron chi connectivity index (χ3n) is 4.14. The van der Waals surface area contributed by atoms with Crippen molar-refractivity contribution >= 4 is 39.8 Å². The van der Waals surface area contributed by atoms with Gasteiger partial charge in [-0.3, -0.25) is 4.79 Å². The van der Waals surface area contributed by atoms with Crippen LogP contribution in [0.1, 0.15) is 37.0 Å². The Labute approximate surface area is 139 Å². The minimum atomic E-state index is 0.208. The smallest absolute Gasteiger partial charge is 0.254 e. The summed E-state index contributed by atoms with van der Waals surface area (Å²) in [6.45, 7) is 7.42. The molecule has 0 unspecified atom stereocenters. The minimum absolute atomic E-state index is 0.208. The Morgan fingerprint density at radius 1 is 1.50 bits per heavy atom. The average molecular weight is 406 g/mol. The van der Waals surface area contributed by atoms with Crippen molar-refractivity contribution in [3.8, 4) is 0 Å². The third kappa shape index (κ3) is 4.18. The quantitative estimate of drug-likeness (QED) is 0.715. The van der Waals surface area contributed by atoms with E-state index in [1.807, 2.05) is 16.3 Å². The van der Waals surface area contributed by atoms with Gasteiger partial charge in [0.15, 0.2) is 0 Å². The molecule has 0 aliphatic carbocycles. The molecule has 1 aromatic rings. The Hall–Kier alpha value is -0.140. The normalized spacial score (nSPS) is 17.2. The summed E-state index contributed by atoms with van der Waals surface area (Å²) in [6, 6.07) is 2.59. The SMILES string of the molecule is CC(C)N(C)CC1CCN(C(=O)c2csc(I)c2)CC1. The summed E-state index contributed by atoms with van der Waals surface area (Å²) in [5.41, 5.74) is 0.858. The van der Waals surface area contributed by atoms with Gasteiger partial charge in [-0.15, -0.1) is 11.3 Å². The average Bonchev–Trinajstić information content (AvgIpc) is 2.85. The van der Waals surface area contributed by atoms with Crippen LogP contribution in [0.25, 0.3) is 0 Å². The summed E-state index contributed by atoms with van der Waals surface area (Å²) in [5, 5.41) is 1.97. The largest absolute Gasteiger partial charge is 0.339 e. The maximum absolute atomic E-state index is 12.4. The van der Waals surface area contributed by atoms with Crippen molar-refractivity contribution in [3.05, 3.63) is 19.9 Å². The highest BCUT2D eigenvalue weighted by atomic mass is 127. The van der Waals surface area contributed by atoms with Crippen molar-refractivity contribution in [3.63, 3.8) is 0 Å². The Morgan fingerprint density at radius 3 is 2.65 bits per heavy atom. The van der Waals surface area contributed by atoms with E-state index in [9.17, 15) is 4.79 Å². The zero-order valence-corrected chi connectivity index (χ0v) is 15.4. The number of piperidine rings is 1. The van der Waals surface area contributed by atoms with Crippen LogP contribution in [0.15, 0.2) is 11.4 Å². The van der Waals surface area contributed by atoms with Gasteiger partial charge in [0.2, 0.25) is 0 Å². The van der Waals surface area contributed by atoms with E-state index in [-0.39, 0.29) is 5.91 Å². The standard InChI is InChI=1S/C15H23IN2OS/c1-11(2)17(3)9-12-4-6-18(7-5-12)15(19)13-8-14(16)20-10-13/h8,10-12H,4-7,9H2,1-3H3. The molecule has 1 aliphatic heterocycles. The summed E-state index contributed by atoms with van der Waals surface area (Å²) in [6.07, 6.45) is 2.26. The van der Waals surface area contributed by atoms with Gasteiger partial charge in [0.25, 0.3) is 5.91 Å². The van der Waals surface area contributed by atoms with Crippen LogP contribution in [0.5, 0.6) is 0 Å². The molecule has 1 aliphatic rings. The maximum atomic E-state index is 12.4. The highest BCUT2D eigenvalue weighted by molar-refractivity contribution is 14.1. The Morgan fingerprint density at radius 2 is 2.15 bits per heavy atom. The van der Waals surface area contributed by atoms with Gasteiger partial charge in [-0.1, -0.05) is 0 Å². The van der Waals surface area contributed by atoms with Crippen LogP contribution < -0.4 is 0 Å². The molecule has 0 aromatic carbocycles. The van der Waals surface area contributed by atoms with E-state index in [4.69, 9.17) is 0 Å². The lowest BCUT2D eigenvalue weighted by Crippen LogP contribution is -2.42.